The Balaban J connectivity index is 3.27. The maximum absolute atomic E-state index is 8.38. The molecule has 0 heterocycles. The molecule has 0 saturated heterocycles. The molecule has 0 bridgehead atoms. The Hall–Kier alpha value is -0.670. The van der Waals surface area contributed by atoms with Gasteiger partial charge in [-0.3, -0.25) is 0 Å². The lowest BCUT2D eigenvalue weighted by atomic mass is 10.3. The summed E-state index contributed by atoms with van der Waals surface area (Å²) in [5.74, 6) is 0. The van der Waals surface area contributed by atoms with Crippen molar-refractivity contribution < 1.29 is 18.9 Å². The lowest BCUT2D eigenvalue weighted by Gasteiger charge is -2.14. The smallest absolute Gasteiger partial charge is 0.158 e. The molecule has 0 fully saturated rings. The predicted octanol–water partition coefficient (Wildman–Crippen LogP) is 0.942. The van der Waals surface area contributed by atoms with Crippen molar-refractivity contribution in [2.24, 2.45) is 0 Å². The van der Waals surface area contributed by atoms with Gasteiger partial charge in [-0.15, -0.1) is 0 Å². The first-order valence-electron chi connectivity index (χ1n) is 4.93. The molecule has 0 spiro atoms. The summed E-state index contributed by atoms with van der Waals surface area (Å²) in [6.45, 7) is 2.13. The number of nitriles is 1. The second-order valence-corrected chi connectivity index (χ2v) is 2.84. The highest BCUT2D eigenvalue weighted by Gasteiger charge is 2.05. The lowest BCUT2D eigenvalue weighted by molar-refractivity contribution is -0.136. The van der Waals surface area contributed by atoms with E-state index in [4.69, 9.17) is 24.2 Å². The summed E-state index contributed by atoms with van der Waals surface area (Å²) in [5.41, 5.74) is 0. The van der Waals surface area contributed by atoms with Gasteiger partial charge in [0.1, 0.15) is 0 Å². The molecule has 0 aromatic heterocycles. The molecule has 15 heavy (non-hydrogen) atoms. The summed E-state index contributed by atoms with van der Waals surface area (Å²) in [4.78, 5) is 0. The van der Waals surface area contributed by atoms with Crippen molar-refractivity contribution in [3.05, 3.63) is 0 Å². The quantitative estimate of drug-likeness (QED) is 0.402. The van der Waals surface area contributed by atoms with Crippen LogP contribution >= 0.6 is 0 Å². The van der Waals surface area contributed by atoms with Crippen molar-refractivity contribution in [1.29, 1.82) is 5.26 Å². The van der Waals surface area contributed by atoms with Gasteiger partial charge in [0.15, 0.2) is 6.29 Å². The molecule has 0 saturated carbocycles. The first-order valence-corrected chi connectivity index (χ1v) is 4.93. The minimum absolute atomic E-state index is 0.310. The Morgan fingerprint density at radius 2 is 1.87 bits per heavy atom. The molecule has 1 unspecified atom stereocenters. The molecule has 88 valence electrons. The van der Waals surface area contributed by atoms with E-state index in [-0.39, 0.29) is 6.29 Å². The highest BCUT2D eigenvalue weighted by atomic mass is 16.7. The van der Waals surface area contributed by atoms with Gasteiger partial charge in [0.05, 0.1) is 32.5 Å². The van der Waals surface area contributed by atoms with Crippen molar-refractivity contribution in [2.75, 3.05) is 40.6 Å². The fraction of sp³-hybridized carbons (Fsp3) is 0.900. The van der Waals surface area contributed by atoms with Gasteiger partial charge >= 0.3 is 0 Å². The van der Waals surface area contributed by atoms with E-state index in [0.29, 0.717) is 39.3 Å². The maximum Gasteiger partial charge on any atom is 0.158 e. The number of nitrogens with zero attached hydrogens (tertiary/aromatic N) is 1. The van der Waals surface area contributed by atoms with E-state index in [2.05, 4.69) is 0 Å². The number of hydrogen-bond acceptors (Lipinski definition) is 5. The fourth-order valence-corrected chi connectivity index (χ4v) is 0.934. The van der Waals surface area contributed by atoms with Crippen LogP contribution in [0.4, 0.5) is 0 Å². The van der Waals surface area contributed by atoms with Crippen LogP contribution in [0.5, 0.6) is 0 Å². The second kappa shape index (κ2) is 11.4. The summed E-state index contributed by atoms with van der Waals surface area (Å²) < 4.78 is 20.4. The summed E-state index contributed by atoms with van der Waals surface area (Å²) in [7, 11) is 3.19. The zero-order valence-corrected chi connectivity index (χ0v) is 9.40. The highest BCUT2D eigenvalue weighted by molar-refractivity contribution is 4.69. The van der Waals surface area contributed by atoms with E-state index < -0.39 is 0 Å². The standard InChI is InChI=1S/C10H19NO4/c1-12-6-7-14-8-9-15-10(13-2)4-3-5-11/h10H,3-4,6-9H2,1-2H3. The molecule has 0 aromatic carbocycles. The Morgan fingerprint density at radius 1 is 1.13 bits per heavy atom. The molecule has 1 atom stereocenters. The highest BCUT2D eigenvalue weighted by Crippen LogP contribution is 2.02. The van der Waals surface area contributed by atoms with Crippen LogP contribution in [-0.4, -0.2) is 46.9 Å². The Labute approximate surface area is 90.9 Å². The van der Waals surface area contributed by atoms with Gasteiger partial charge in [-0.05, 0) is 0 Å². The molecule has 5 heteroatoms. The summed E-state index contributed by atoms with van der Waals surface area (Å²) >= 11 is 0. The summed E-state index contributed by atoms with van der Waals surface area (Å²) in [6, 6.07) is 2.04. The average Bonchev–Trinajstić information content (AvgIpc) is 2.27. The van der Waals surface area contributed by atoms with Crippen LogP contribution < -0.4 is 0 Å². The van der Waals surface area contributed by atoms with E-state index >= 15 is 0 Å². The zero-order chi connectivity index (χ0) is 11.4. The molecule has 5 nitrogen and oxygen atoms in total. The van der Waals surface area contributed by atoms with Crippen LogP contribution in [0.3, 0.4) is 0 Å². The molecular formula is C10H19NO4. The molecule has 0 radical (unpaired) electrons. The third kappa shape index (κ3) is 9.63. The predicted molar refractivity (Wildman–Crippen MR) is 54.3 cm³/mol. The van der Waals surface area contributed by atoms with Crippen LogP contribution in [0.15, 0.2) is 0 Å². The van der Waals surface area contributed by atoms with E-state index in [1.807, 2.05) is 6.07 Å². The average molecular weight is 217 g/mol. The normalized spacial score (nSPS) is 12.3. The van der Waals surface area contributed by atoms with Crippen molar-refractivity contribution in [1.82, 2.24) is 0 Å². The second-order valence-electron chi connectivity index (χ2n) is 2.84. The number of rotatable bonds is 10. The van der Waals surface area contributed by atoms with Gasteiger partial charge in [-0.1, -0.05) is 0 Å². The van der Waals surface area contributed by atoms with Crippen molar-refractivity contribution >= 4 is 0 Å². The Kier molecular flexibility index (Phi) is 10.9. The Bertz CT molecular complexity index is 169. The largest absolute Gasteiger partial charge is 0.382 e. The molecule has 0 aliphatic rings. The van der Waals surface area contributed by atoms with Crippen molar-refractivity contribution in [3.8, 4) is 6.07 Å². The molecular weight excluding hydrogens is 198 g/mol. The lowest BCUT2D eigenvalue weighted by Crippen LogP contribution is -2.18. The fourth-order valence-electron chi connectivity index (χ4n) is 0.934. The monoisotopic (exact) mass is 217 g/mol. The summed E-state index contributed by atoms with van der Waals surface area (Å²) in [6.07, 6.45) is 0.712. The van der Waals surface area contributed by atoms with Crippen LogP contribution in [-0.2, 0) is 18.9 Å². The molecule has 0 rings (SSSR count). The van der Waals surface area contributed by atoms with Gasteiger partial charge in [0, 0.05) is 27.1 Å². The third-order valence-corrected chi connectivity index (χ3v) is 1.72. The SMILES string of the molecule is COCCOCCOC(CCC#N)OC. The summed E-state index contributed by atoms with van der Waals surface area (Å²) in [5, 5.41) is 8.38. The van der Waals surface area contributed by atoms with Crippen LogP contribution in [0.1, 0.15) is 12.8 Å². The maximum atomic E-state index is 8.38. The third-order valence-electron chi connectivity index (χ3n) is 1.72. The zero-order valence-electron chi connectivity index (χ0n) is 9.40. The number of methoxy groups -OCH3 is 2. The molecule has 0 aromatic rings. The van der Waals surface area contributed by atoms with Gasteiger partial charge < -0.3 is 18.9 Å². The number of hydrogen-bond donors (Lipinski definition) is 0. The van der Waals surface area contributed by atoms with Crippen LogP contribution in [0.25, 0.3) is 0 Å². The van der Waals surface area contributed by atoms with E-state index in [1.165, 1.54) is 0 Å². The molecule has 0 N–H and O–H groups in total. The van der Waals surface area contributed by atoms with Crippen LogP contribution in [0, 0.1) is 11.3 Å². The van der Waals surface area contributed by atoms with Crippen molar-refractivity contribution in [2.45, 2.75) is 19.1 Å². The first kappa shape index (κ1) is 14.3. The minimum atomic E-state index is -0.310. The topological polar surface area (TPSA) is 60.7 Å². The Morgan fingerprint density at radius 3 is 2.47 bits per heavy atom. The van der Waals surface area contributed by atoms with Gasteiger partial charge in [-0.2, -0.15) is 5.26 Å². The molecule has 0 amide bonds. The van der Waals surface area contributed by atoms with Gasteiger partial charge in [0.2, 0.25) is 0 Å². The van der Waals surface area contributed by atoms with E-state index in [1.54, 1.807) is 14.2 Å². The van der Waals surface area contributed by atoms with Gasteiger partial charge in [0.25, 0.3) is 0 Å². The molecule has 0 aliphatic carbocycles. The minimum Gasteiger partial charge on any atom is -0.382 e. The van der Waals surface area contributed by atoms with Crippen LogP contribution in [0.2, 0.25) is 0 Å². The van der Waals surface area contributed by atoms with E-state index in [9.17, 15) is 0 Å². The van der Waals surface area contributed by atoms with E-state index in [0.717, 1.165) is 0 Å². The van der Waals surface area contributed by atoms with Gasteiger partial charge in [-0.25, -0.2) is 0 Å². The first-order chi connectivity index (χ1) is 7.35. The number of ether oxygens (including phenoxy) is 4. The molecule has 0 aliphatic heterocycles. The van der Waals surface area contributed by atoms with Crippen molar-refractivity contribution in [3.63, 3.8) is 0 Å².